The fourth-order valence-corrected chi connectivity index (χ4v) is 4.00. The van der Waals surface area contributed by atoms with Crippen LogP contribution in [0.3, 0.4) is 0 Å². The third-order valence-corrected chi connectivity index (χ3v) is 5.33. The molecule has 5 rings (SSSR count). The predicted octanol–water partition coefficient (Wildman–Crippen LogP) is 4.26. The number of aryl methyl sites for hydroxylation is 1. The van der Waals surface area contributed by atoms with E-state index in [1.54, 1.807) is 0 Å². The van der Waals surface area contributed by atoms with Crippen LogP contribution in [0.5, 0.6) is 0 Å². The van der Waals surface area contributed by atoms with E-state index < -0.39 is 6.04 Å². The highest BCUT2D eigenvalue weighted by molar-refractivity contribution is 6.30. The van der Waals surface area contributed by atoms with Crippen LogP contribution in [0.4, 0.5) is 5.95 Å². The first-order chi connectivity index (χ1) is 13.6. The molecular weight excluding hydrogens is 372 g/mol. The summed E-state index contributed by atoms with van der Waals surface area (Å²) in [6, 6.07) is 17.4. The largest absolute Gasteiger partial charge is 0.384 e. The van der Waals surface area contributed by atoms with Crippen molar-refractivity contribution in [3.63, 3.8) is 0 Å². The van der Waals surface area contributed by atoms with Gasteiger partial charge in [0.25, 0.3) is 0 Å². The molecule has 28 heavy (non-hydrogen) atoms. The molecule has 136 valence electrons. The molecule has 3 N–H and O–H groups in total. The van der Waals surface area contributed by atoms with E-state index in [1.165, 1.54) is 0 Å². The molecule has 3 heterocycles. The van der Waals surface area contributed by atoms with Gasteiger partial charge in [-0.25, -0.2) is 9.97 Å². The normalized spacial score (nSPS) is 16.1. The number of hydrogen-bond donors (Lipinski definition) is 2. The van der Waals surface area contributed by atoms with E-state index in [-0.39, 0.29) is 5.82 Å². The van der Waals surface area contributed by atoms with E-state index in [0.717, 1.165) is 27.5 Å². The lowest BCUT2D eigenvalue weighted by atomic mass is 9.97. The number of nitrogens with one attached hydrogen (secondary N) is 1. The van der Waals surface area contributed by atoms with Gasteiger partial charge in [-0.05, 0) is 37.3 Å². The molecule has 0 radical (unpaired) electrons. The van der Waals surface area contributed by atoms with Crippen LogP contribution in [0, 0.1) is 18.3 Å². The fraction of sp³-hybridized carbons (Fsp3) is 0.0952. The molecule has 2 aromatic heterocycles. The Morgan fingerprint density at radius 2 is 1.96 bits per heavy atom. The van der Waals surface area contributed by atoms with Crippen molar-refractivity contribution < 1.29 is 0 Å². The fourth-order valence-electron chi connectivity index (χ4n) is 3.75. The van der Waals surface area contributed by atoms with Crippen molar-refractivity contribution in [2.45, 2.75) is 13.0 Å². The molecule has 1 aliphatic heterocycles. The Labute approximate surface area is 165 Å². The van der Waals surface area contributed by atoms with Crippen molar-refractivity contribution in [1.29, 1.82) is 5.26 Å². The quantitative estimate of drug-likeness (QED) is 0.477. The number of pyridine rings is 1. The molecular formula is C21H15ClN6. The molecule has 1 atom stereocenters. The van der Waals surface area contributed by atoms with Crippen molar-refractivity contribution in [3.05, 3.63) is 76.2 Å². The second kappa shape index (κ2) is 5.98. The summed E-state index contributed by atoms with van der Waals surface area (Å²) >= 11 is 6.59. The number of para-hydroxylation sites is 2. The van der Waals surface area contributed by atoms with Gasteiger partial charge in [0.1, 0.15) is 23.1 Å². The molecule has 4 aromatic rings. The average molecular weight is 387 g/mol. The third-order valence-electron chi connectivity index (χ3n) is 5.03. The highest BCUT2D eigenvalue weighted by Crippen LogP contribution is 2.40. The number of benzene rings is 2. The number of rotatable bonds is 1. The summed E-state index contributed by atoms with van der Waals surface area (Å²) in [5.41, 5.74) is 10.9. The van der Waals surface area contributed by atoms with Gasteiger partial charge < -0.3 is 11.1 Å². The predicted molar refractivity (Wildman–Crippen MR) is 110 cm³/mol. The highest BCUT2D eigenvalue weighted by Gasteiger charge is 2.32. The number of nitrogens with two attached hydrogens (primary N) is 1. The van der Waals surface area contributed by atoms with Crippen molar-refractivity contribution in [1.82, 2.24) is 14.5 Å². The molecule has 1 unspecified atom stereocenters. The van der Waals surface area contributed by atoms with Gasteiger partial charge in [-0.2, -0.15) is 5.26 Å². The van der Waals surface area contributed by atoms with Gasteiger partial charge in [0.05, 0.1) is 22.1 Å². The summed E-state index contributed by atoms with van der Waals surface area (Å²) in [4.78, 5) is 9.18. The highest BCUT2D eigenvalue weighted by atomic mass is 35.5. The molecule has 0 spiro atoms. The van der Waals surface area contributed by atoms with E-state index in [9.17, 15) is 5.26 Å². The first kappa shape index (κ1) is 16.6. The van der Waals surface area contributed by atoms with Gasteiger partial charge in [0, 0.05) is 10.9 Å². The zero-order chi connectivity index (χ0) is 19.4. The van der Waals surface area contributed by atoms with Gasteiger partial charge in [0.2, 0.25) is 5.95 Å². The maximum absolute atomic E-state index is 9.85. The summed E-state index contributed by atoms with van der Waals surface area (Å²) < 4.78 is 1.95. The summed E-state index contributed by atoms with van der Waals surface area (Å²) in [6.07, 6.45) is 0. The topological polar surface area (TPSA) is 92.6 Å². The maximum atomic E-state index is 9.85. The molecule has 1 aliphatic rings. The third kappa shape index (κ3) is 2.34. The molecule has 7 heteroatoms. The zero-order valence-electron chi connectivity index (χ0n) is 14.9. The van der Waals surface area contributed by atoms with Crippen LogP contribution in [0.1, 0.15) is 17.2 Å². The standard InChI is InChI=1S/C21H15ClN6/c1-11-6-7-15-12(8-11)9-13(19(22)25-15)18-14(10-23)20(24)27-21-26-16-4-2-3-5-17(16)28(18)21/h2-9,18H,24H2,1H3,(H,26,27). The summed E-state index contributed by atoms with van der Waals surface area (Å²) in [6.45, 7) is 2.03. The summed E-state index contributed by atoms with van der Waals surface area (Å²) in [5, 5.41) is 14.2. The number of aromatic nitrogens is 3. The molecule has 6 nitrogen and oxygen atoms in total. The molecule has 0 amide bonds. The van der Waals surface area contributed by atoms with Crippen molar-refractivity contribution in [2.24, 2.45) is 5.73 Å². The maximum Gasteiger partial charge on any atom is 0.210 e. The minimum Gasteiger partial charge on any atom is -0.384 e. The molecule has 0 aliphatic carbocycles. The number of nitrogens with zero attached hydrogens (tertiary/aromatic N) is 4. The molecule has 2 aromatic carbocycles. The van der Waals surface area contributed by atoms with E-state index in [1.807, 2.05) is 54.0 Å². The number of allylic oxidation sites excluding steroid dienone is 1. The smallest absolute Gasteiger partial charge is 0.210 e. The lowest BCUT2D eigenvalue weighted by Gasteiger charge is -2.28. The minimum absolute atomic E-state index is 0.274. The number of imidazole rings is 1. The van der Waals surface area contributed by atoms with Crippen LogP contribution in [0.15, 0.2) is 59.9 Å². The summed E-state index contributed by atoms with van der Waals surface area (Å²) in [7, 11) is 0. The Morgan fingerprint density at radius 3 is 2.79 bits per heavy atom. The Balaban J connectivity index is 1.85. The van der Waals surface area contributed by atoms with E-state index in [4.69, 9.17) is 17.3 Å². The Hall–Kier alpha value is -3.56. The van der Waals surface area contributed by atoms with Gasteiger partial charge in [-0.3, -0.25) is 4.57 Å². The molecule has 0 saturated carbocycles. The number of fused-ring (bicyclic) bond motifs is 4. The SMILES string of the molecule is Cc1ccc2nc(Cl)c(C3C(C#N)=C(N)Nc4nc5ccccc5n43)cc2c1. The average Bonchev–Trinajstić information content (AvgIpc) is 3.04. The van der Waals surface area contributed by atoms with Crippen LogP contribution < -0.4 is 11.1 Å². The number of hydrogen-bond acceptors (Lipinski definition) is 5. The number of nitriles is 1. The first-order valence-corrected chi connectivity index (χ1v) is 9.15. The second-order valence-electron chi connectivity index (χ2n) is 6.83. The Bertz CT molecular complexity index is 1340. The number of halogens is 1. The Morgan fingerprint density at radius 1 is 1.14 bits per heavy atom. The number of anilines is 1. The van der Waals surface area contributed by atoms with Gasteiger partial charge in [0.15, 0.2) is 0 Å². The van der Waals surface area contributed by atoms with Crippen LogP contribution in [-0.2, 0) is 0 Å². The zero-order valence-corrected chi connectivity index (χ0v) is 15.7. The van der Waals surface area contributed by atoms with Gasteiger partial charge in [-0.1, -0.05) is 35.4 Å². The van der Waals surface area contributed by atoms with Crippen LogP contribution >= 0.6 is 11.6 Å². The van der Waals surface area contributed by atoms with Crippen molar-refractivity contribution in [3.8, 4) is 6.07 Å². The van der Waals surface area contributed by atoms with Gasteiger partial charge >= 0.3 is 0 Å². The Kier molecular flexibility index (Phi) is 3.54. The van der Waals surface area contributed by atoms with E-state index in [2.05, 4.69) is 27.4 Å². The first-order valence-electron chi connectivity index (χ1n) is 8.77. The van der Waals surface area contributed by atoms with E-state index in [0.29, 0.717) is 22.2 Å². The lowest BCUT2D eigenvalue weighted by molar-refractivity contribution is 0.679. The molecule has 0 saturated heterocycles. The lowest BCUT2D eigenvalue weighted by Crippen LogP contribution is -2.28. The van der Waals surface area contributed by atoms with E-state index >= 15 is 0 Å². The van der Waals surface area contributed by atoms with Crippen LogP contribution in [-0.4, -0.2) is 14.5 Å². The van der Waals surface area contributed by atoms with Crippen molar-refractivity contribution >= 4 is 39.5 Å². The summed E-state index contributed by atoms with van der Waals surface area (Å²) in [5.74, 6) is 0.846. The van der Waals surface area contributed by atoms with Gasteiger partial charge in [-0.15, -0.1) is 0 Å². The second-order valence-corrected chi connectivity index (χ2v) is 7.18. The van der Waals surface area contributed by atoms with Crippen LogP contribution in [0.2, 0.25) is 5.15 Å². The minimum atomic E-state index is -0.515. The monoisotopic (exact) mass is 386 g/mol. The van der Waals surface area contributed by atoms with Crippen LogP contribution in [0.25, 0.3) is 21.9 Å². The molecule has 0 fully saturated rings. The molecule has 0 bridgehead atoms. The van der Waals surface area contributed by atoms with Crippen molar-refractivity contribution in [2.75, 3.05) is 5.32 Å².